The summed E-state index contributed by atoms with van der Waals surface area (Å²) in [6.07, 6.45) is 5.46. The average molecular weight is 351 g/mol. The smallest absolute Gasteiger partial charge is 0.230 e. The van der Waals surface area contributed by atoms with Crippen LogP contribution in [0.4, 0.5) is 0 Å². The molecule has 4 rings (SSSR count). The normalized spacial score (nSPS) is 22.5. The minimum absolute atomic E-state index is 0.0644. The van der Waals surface area contributed by atoms with Crippen LogP contribution in [0.3, 0.4) is 0 Å². The fourth-order valence-electron chi connectivity index (χ4n) is 4.55. The molecule has 138 valence electrons. The fourth-order valence-corrected chi connectivity index (χ4v) is 4.55. The van der Waals surface area contributed by atoms with E-state index in [2.05, 4.69) is 62.0 Å². The van der Waals surface area contributed by atoms with E-state index >= 15 is 0 Å². The molecular weight excluding hydrogens is 322 g/mol. The Kier molecular flexibility index (Phi) is 4.19. The average Bonchev–Trinajstić information content (AvgIpc) is 3.07. The SMILES string of the molecule is CCN1C[C@H](C(=O)N(C)C(C)C)C=C2c3ccc(C)c4[nH]cc(c34)C[C@H]21. The zero-order chi connectivity index (χ0) is 18.6. The van der Waals surface area contributed by atoms with E-state index in [0.29, 0.717) is 6.04 Å². The van der Waals surface area contributed by atoms with Gasteiger partial charge in [-0.1, -0.05) is 25.1 Å². The first-order valence-corrected chi connectivity index (χ1v) is 9.74. The first-order valence-electron chi connectivity index (χ1n) is 9.74. The molecule has 0 fully saturated rings. The van der Waals surface area contributed by atoms with Crippen molar-refractivity contribution in [3.63, 3.8) is 0 Å². The van der Waals surface area contributed by atoms with Crippen LogP contribution < -0.4 is 0 Å². The first-order chi connectivity index (χ1) is 12.4. The van der Waals surface area contributed by atoms with E-state index < -0.39 is 0 Å². The Morgan fingerprint density at radius 2 is 2.15 bits per heavy atom. The third kappa shape index (κ3) is 2.50. The van der Waals surface area contributed by atoms with Crippen molar-refractivity contribution in [3.8, 4) is 0 Å². The van der Waals surface area contributed by atoms with Crippen LogP contribution in [0.2, 0.25) is 0 Å². The lowest BCUT2D eigenvalue weighted by Crippen LogP contribution is -2.49. The van der Waals surface area contributed by atoms with Gasteiger partial charge in [-0.2, -0.15) is 0 Å². The molecule has 1 aliphatic heterocycles. The number of aryl methyl sites for hydroxylation is 1. The van der Waals surface area contributed by atoms with Crippen molar-refractivity contribution in [2.24, 2.45) is 5.92 Å². The van der Waals surface area contributed by atoms with Gasteiger partial charge in [-0.15, -0.1) is 0 Å². The molecule has 0 unspecified atom stereocenters. The number of nitrogens with zero attached hydrogens (tertiary/aromatic N) is 2. The van der Waals surface area contributed by atoms with Crippen LogP contribution in [0.25, 0.3) is 16.5 Å². The van der Waals surface area contributed by atoms with Gasteiger partial charge in [0.05, 0.1) is 5.92 Å². The Hall–Kier alpha value is -2.07. The Morgan fingerprint density at radius 3 is 2.85 bits per heavy atom. The van der Waals surface area contributed by atoms with Crippen LogP contribution in [-0.4, -0.2) is 52.9 Å². The molecule has 2 atom stereocenters. The number of amides is 1. The standard InChI is InChI=1S/C22H29N3O/c1-6-25-12-16(22(26)24(5)13(2)3)9-18-17-8-7-14(4)21-20(17)15(11-23-21)10-19(18)25/h7-9,11,13,16,19,23H,6,10,12H2,1-5H3/t16-,19-/m1/s1. The Balaban J connectivity index is 1.83. The lowest BCUT2D eigenvalue weighted by Gasteiger charge is -2.42. The molecule has 0 saturated heterocycles. The van der Waals surface area contributed by atoms with E-state index in [1.165, 1.54) is 33.2 Å². The van der Waals surface area contributed by atoms with Crippen molar-refractivity contribution in [1.82, 2.24) is 14.8 Å². The highest BCUT2D eigenvalue weighted by Crippen LogP contribution is 2.42. The monoisotopic (exact) mass is 351 g/mol. The Bertz CT molecular complexity index is 892. The summed E-state index contributed by atoms with van der Waals surface area (Å²) in [6, 6.07) is 5.05. The summed E-state index contributed by atoms with van der Waals surface area (Å²) in [6.45, 7) is 10.3. The molecule has 2 heterocycles. The number of fused-ring (bicyclic) bond motifs is 2. The van der Waals surface area contributed by atoms with E-state index in [4.69, 9.17) is 0 Å². The molecule has 1 aromatic carbocycles. The van der Waals surface area contributed by atoms with Gasteiger partial charge in [0.25, 0.3) is 0 Å². The molecule has 0 saturated carbocycles. The van der Waals surface area contributed by atoms with Gasteiger partial charge in [0.15, 0.2) is 0 Å². The van der Waals surface area contributed by atoms with Crippen LogP contribution in [0, 0.1) is 12.8 Å². The number of hydrogen-bond acceptors (Lipinski definition) is 2. The molecule has 0 bridgehead atoms. The minimum Gasteiger partial charge on any atom is -0.361 e. The summed E-state index contributed by atoms with van der Waals surface area (Å²) in [5, 5.41) is 1.36. The van der Waals surface area contributed by atoms with Crippen molar-refractivity contribution in [3.05, 3.63) is 41.1 Å². The van der Waals surface area contributed by atoms with E-state index in [1.807, 2.05) is 11.9 Å². The second-order valence-electron chi connectivity index (χ2n) is 8.07. The number of likely N-dealkylation sites (N-methyl/N-ethyl adjacent to an activating group) is 1. The van der Waals surface area contributed by atoms with Gasteiger partial charge in [-0.05, 0) is 56.0 Å². The molecule has 2 aliphatic rings. The summed E-state index contributed by atoms with van der Waals surface area (Å²) in [7, 11) is 1.92. The zero-order valence-electron chi connectivity index (χ0n) is 16.5. The van der Waals surface area contributed by atoms with Crippen LogP contribution >= 0.6 is 0 Å². The highest BCUT2D eigenvalue weighted by atomic mass is 16.2. The predicted molar refractivity (Wildman–Crippen MR) is 107 cm³/mol. The van der Waals surface area contributed by atoms with Gasteiger partial charge in [0.2, 0.25) is 5.91 Å². The molecule has 0 spiro atoms. The molecule has 1 amide bonds. The Labute approximate surface area is 155 Å². The van der Waals surface area contributed by atoms with E-state index in [9.17, 15) is 4.79 Å². The lowest BCUT2D eigenvalue weighted by atomic mass is 9.79. The van der Waals surface area contributed by atoms with Gasteiger partial charge in [0, 0.05) is 42.8 Å². The van der Waals surface area contributed by atoms with Crippen molar-refractivity contribution in [1.29, 1.82) is 0 Å². The van der Waals surface area contributed by atoms with Crippen LogP contribution in [0.5, 0.6) is 0 Å². The number of aromatic amines is 1. The van der Waals surface area contributed by atoms with Crippen LogP contribution in [0.1, 0.15) is 37.5 Å². The highest BCUT2D eigenvalue weighted by molar-refractivity contribution is 6.00. The second kappa shape index (κ2) is 6.27. The van der Waals surface area contributed by atoms with E-state index in [0.717, 1.165) is 19.5 Å². The number of carbonyl (C=O) groups excluding carboxylic acids is 1. The fraction of sp³-hybridized carbons (Fsp3) is 0.500. The summed E-state index contributed by atoms with van der Waals surface area (Å²) < 4.78 is 0. The summed E-state index contributed by atoms with van der Waals surface area (Å²) in [5.74, 6) is 0.165. The molecule has 1 aromatic heterocycles. The molecule has 4 nitrogen and oxygen atoms in total. The van der Waals surface area contributed by atoms with Gasteiger partial charge >= 0.3 is 0 Å². The molecule has 0 radical (unpaired) electrons. The minimum atomic E-state index is -0.0644. The van der Waals surface area contributed by atoms with Crippen molar-refractivity contribution >= 4 is 22.4 Å². The lowest BCUT2D eigenvalue weighted by molar-refractivity contribution is -0.135. The van der Waals surface area contributed by atoms with Gasteiger partial charge in [0.1, 0.15) is 0 Å². The number of rotatable bonds is 3. The highest BCUT2D eigenvalue weighted by Gasteiger charge is 2.37. The van der Waals surface area contributed by atoms with Gasteiger partial charge < -0.3 is 9.88 Å². The Morgan fingerprint density at radius 1 is 1.38 bits per heavy atom. The number of H-pyrrole nitrogens is 1. The molecule has 4 heteroatoms. The molecule has 1 N–H and O–H groups in total. The number of nitrogens with one attached hydrogen (secondary N) is 1. The third-order valence-corrected chi connectivity index (χ3v) is 6.31. The van der Waals surface area contributed by atoms with Crippen molar-refractivity contribution in [2.75, 3.05) is 20.1 Å². The molecular formula is C22H29N3O. The maximum atomic E-state index is 13.0. The first kappa shape index (κ1) is 17.3. The van der Waals surface area contributed by atoms with E-state index in [-0.39, 0.29) is 17.9 Å². The zero-order valence-corrected chi connectivity index (χ0v) is 16.5. The summed E-state index contributed by atoms with van der Waals surface area (Å²) in [4.78, 5) is 20.9. The second-order valence-corrected chi connectivity index (χ2v) is 8.07. The molecule has 26 heavy (non-hydrogen) atoms. The van der Waals surface area contributed by atoms with Crippen LogP contribution in [0.15, 0.2) is 24.4 Å². The van der Waals surface area contributed by atoms with Gasteiger partial charge in [-0.3, -0.25) is 9.69 Å². The molecule has 1 aliphatic carbocycles. The number of hydrogen-bond donors (Lipinski definition) is 1. The number of benzene rings is 1. The largest absolute Gasteiger partial charge is 0.361 e. The number of aromatic nitrogens is 1. The van der Waals surface area contributed by atoms with E-state index in [1.54, 1.807) is 0 Å². The summed E-state index contributed by atoms with van der Waals surface area (Å²) >= 11 is 0. The quantitative estimate of drug-likeness (QED) is 0.918. The van der Waals surface area contributed by atoms with Crippen molar-refractivity contribution < 1.29 is 4.79 Å². The predicted octanol–water partition coefficient (Wildman–Crippen LogP) is 3.60. The maximum absolute atomic E-state index is 13.0. The summed E-state index contributed by atoms with van der Waals surface area (Å²) in [5.41, 5.74) is 6.58. The third-order valence-electron chi connectivity index (χ3n) is 6.31. The number of carbonyl (C=O) groups is 1. The maximum Gasteiger partial charge on any atom is 0.230 e. The molecule has 2 aromatic rings. The van der Waals surface area contributed by atoms with Gasteiger partial charge in [-0.25, -0.2) is 0 Å². The topological polar surface area (TPSA) is 39.3 Å². The van der Waals surface area contributed by atoms with Crippen LogP contribution in [-0.2, 0) is 11.2 Å². The van der Waals surface area contributed by atoms with Crippen molar-refractivity contribution in [2.45, 2.75) is 46.2 Å².